The standard InChI is InChI=1S/C18H22BrN3O2/c1-11(2)16-15(19)17(21-20-16)18(23)22(13-6-7-13)10-12-4-8-14(24-3)9-5-12/h4-5,8-9,11,13H,6-7,10H2,1-3H3,(H,20,21). The van der Waals surface area contributed by atoms with E-state index in [4.69, 9.17) is 4.74 Å². The first kappa shape index (κ1) is 17.0. The van der Waals surface area contributed by atoms with Crippen LogP contribution in [0.5, 0.6) is 5.75 Å². The van der Waals surface area contributed by atoms with Gasteiger partial charge in [-0.05, 0) is 52.4 Å². The maximum Gasteiger partial charge on any atom is 0.276 e. The maximum absolute atomic E-state index is 13.0. The van der Waals surface area contributed by atoms with Crippen LogP contribution in [0.3, 0.4) is 0 Å². The first-order valence-corrected chi connectivity index (χ1v) is 8.98. The van der Waals surface area contributed by atoms with Gasteiger partial charge in [0.2, 0.25) is 0 Å². The summed E-state index contributed by atoms with van der Waals surface area (Å²) < 4.78 is 5.97. The van der Waals surface area contributed by atoms with E-state index >= 15 is 0 Å². The van der Waals surface area contributed by atoms with Crippen LogP contribution in [0.2, 0.25) is 0 Å². The highest BCUT2D eigenvalue weighted by molar-refractivity contribution is 9.10. The molecule has 3 rings (SSSR count). The van der Waals surface area contributed by atoms with E-state index in [2.05, 4.69) is 40.0 Å². The van der Waals surface area contributed by atoms with Gasteiger partial charge >= 0.3 is 0 Å². The Hall–Kier alpha value is -1.82. The molecule has 0 aliphatic heterocycles. The minimum Gasteiger partial charge on any atom is -0.497 e. The topological polar surface area (TPSA) is 58.2 Å². The molecule has 1 heterocycles. The molecule has 5 nitrogen and oxygen atoms in total. The molecule has 0 atom stereocenters. The van der Waals surface area contributed by atoms with Crippen LogP contribution in [-0.4, -0.2) is 34.2 Å². The second-order valence-electron chi connectivity index (χ2n) is 6.47. The fourth-order valence-electron chi connectivity index (χ4n) is 2.68. The van der Waals surface area contributed by atoms with Crippen LogP contribution < -0.4 is 4.74 Å². The van der Waals surface area contributed by atoms with Crippen molar-refractivity contribution >= 4 is 21.8 Å². The molecule has 0 radical (unpaired) electrons. The predicted molar refractivity (Wildman–Crippen MR) is 96.3 cm³/mol. The Balaban J connectivity index is 1.81. The van der Waals surface area contributed by atoms with Gasteiger partial charge in [0, 0.05) is 12.6 Å². The number of halogens is 1. The van der Waals surface area contributed by atoms with Crippen molar-refractivity contribution in [3.63, 3.8) is 0 Å². The number of hydrogen-bond acceptors (Lipinski definition) is 3. The summed E-state index contributed by atoms with van der Waals surface area (Å²) in [6, 6.07) is 8.16. The van der Waals surface area contributed by atoms with Crippen LogP contribution >= 0.6 is 15.9 Å². The van der Waals surface area contributed by atoms with Crippen LogP contribution in [0.25, 0.3) is 0 Å². The van der Waals surface area contributed by atoms with Gasteiger partial charge in [-0.3, -0.25) is 9.89 Å². The number of nitrogens with one attached hydrogen (secondary N) is 1. The number of carbonyl (C=O) groups excluding carboxylic acids is 1. The lowest BCUT2D eigenvalue weighted by molar-refractivity contribution is 0.0723. The number of aromatic amines is 1. The molecule has 0 spiro atoms. The third kappa shape index (κ3) is 3.48. The van der Waals surface area contributed by atoms with Gasteiger partial charge in [0.25, 0.3) is 5.91 Å². The van der Waals surface area contributed by atoms with E-state index in [0.29, 0.717) is 18.3 Å². The molecule has 1 fully saturated rings. The fraction of sp³-hybridized carbons (Fsp3) is 0.444. The first-order chi connectivity index (χ1) is 11.5. The number of H-pyrrole nitrogens is 1. The largest absolute Gasteiger partial charge is 0.497 e. The highest BCUT2D eigenvalue weighted by Gasteiger charge is 2.35. The number of nitrogens with zero attached hydrogens (tertiary/aromatic N) is 2. The van der Waals surface area contributed by atoms with E-state index in [1.54, 1.807) is 7.11 Å². The van der Waals surface area contributed by atoms with Crippen LogP contribution in [0.4, 0.5) is 0 Å². The molecule has 6 heteroatoms. The second kappa shape index (κ2) is 6.97. The number of ether oxygens (including phenoxy) is 1. The molecule has 0 unspecified atom stereocenters. The fourth-order valence-corrected chi connectivity index (χ4v) is 3.49. The summed E-state index contributed by atoms with van der Waals surface area (Å²) in [7, 11) is 1.65. The van der Waals surface area contributed by atoms with Gasteiger partial charge in [0.15, 0.2) is 5.69 Å². The van der Waals surface area contributed by atoms with Gasteiger partial charge < -0.3 is 9.64 Å². The number of methoxy groups -OCH3 is 1. The Morgan fingerprint density at radius 2 is 2.04 bits per heavy atom. The van der Waals surface area contributed by atoms with Crippen molar-refractivity contribution in [3.05, 3.63) is 45.7 Å². The van der Waals surface area contributed by atoms with Gasteiger partial charge in [0.1, 0.15) is 5.75 Å². The highest BCUT2D eigenvalue weighted by Crippen LogP contribution is 2.32. The Morgan fingerprint density at radius 3 is 2.54 bits per heavy atom. The molecule has 24 heavy (non-hydrogen) atoms. The number of carbonyl (C=O) groups is 1. The average molecular weight is 392 g/mol. The van der Waals surface area contributed by atoms with Crippen LogP contribution in [0.1, 0.15) is 54.4 Å². The Bertz CT molecular complexity index is 720. The lowest BCUT2D eigenvalue weighted by Crippen LogP contribution is -2.33. The zero-order valence-electron chi connectivity index (χ0n) is 14.2. The molecule has 1 saturated carbocycles. The third-order valence-electron chi connectivity index (χ3n) is 4.27. The van der Waals surface area contributed by atoms with E-state index in [1.807, 2.05) is 29.2 Å². The molecule has 1 N–H and O–H groups in total. The van der Waals surface area contributed by atoms with Crippen LogP contribution in [-0.2, 0) is 6.54 Å². The highest BCUT2D eigenvalue weighted by atomic mass is 79.9. The summed E-state index contributed by atoms with van der Waals surface area (Å²) >= 11 is 3.54. The van der Waals surface area contributed by atoms with Crippen LogP contribution in [0, 0.1) is 0 Å². The molecule has 1 aliphatic rings. The summed E-state index contributed by atoms with van der Waals surface area (Å²) in [5, 5.41) is 7.24. The van der Waals surface area contributed by atoms with E-state index in [0.717, 1.165) is 34.3 Å². The van der Waals surface area contributed by atoms with E-state index in [1.165, 1.54) is 0 Å². The minimum atomic E-state index is -0.0247. The first-order valence-electron chi connectivity index (χ1n) is 8.19. The average Bonchev–Trinajstić information content (AvgIpc) is 3.34. The van der Waals surface area contributed by atoms with Crippen molar-refractivity contribution in [2.45, 2.75) is 45.2 Å². The summed E-state index contributed by atoms with van der Waals surface area (Å²) in [5.41, 5.74) is 2.52. The summed E-state index contributed by atoms with van der Waals surface area (Å²) in [6.07, 6.45) is 2.11. The molecule has 128 valence electrons. The Kier molecular flexibility index (Phi) is 4.94. The normalized spacial score (nSPS) is 14.0. The summed E-state index contributed by atoms with van der Waals surface area (Å²) in [4.78, 5) is 14.9. The molecule has 0 bridgehead atoms. The van der Waals surface area contributed by atoms with E-state index in [-0.39, 0.29) is 11.8 Å². The second-order valence-corrected chi connectivity index (χ2v) is 7.26. The van der Waals surface area contributed by atoms with Gasteiger partial charge in [-0.25, -0.2) is 0 Å². The maximum atomic E-state index is 13.0. The number of hydrogen-bond donors (Lipinski definition) is 1. The lowest BCUT2D eigenvalue weighted by Gasteiger charge is -2.22. The van der Waals surface area contributed by atoms with Crippen molar-refractivity contribution < 1.29 is 9.53 Å². The lowest BCUT2D eigenvalue weighted by atomic mass is 10.1. The van der Waals surface area contributed by atoms with Gasteiger partial charge in [-0.1, -0.05) is 26.0 Å². The van der Waals surface area contributed by atoms with Crippen LogP contribution in [0.15, 0.2) is 28.7 Å². The minimum absolute atomic E-state index is 0.0247. The zero-order valence-corrected chi connectivity index (χ0v) is 15.8. The van der Waals surface area contributed by atoms with Crippen molar-refractivity contribution in [1.82, 2.24) is 15.1 Å². The SMILES string of the molecule is COc1ccc(CN(C(=O)c2n[nH]c(C(C)C)c2Br)C2CC2)cc1. The third-order valence-corrected chi connectivity index (χ3v) is 5.08. The summed E-state index contributed by atoms with van der Waals surface area (Å²) in [6.45, 7) is 4.73. The predicted octanol–water partition coefficient (Wildman–Crippen LogP) is 4.11. The molecule has 1 aromatic heterocycles. The van der Waals surface area contributed by atoms with Crippen molar-refractivity contribution in [2.24, 2.45) is 0 Å². The molecular weight excluding hydrogens is 370 g/mol. The molecule has 1 amide bonds. The number of amides is 1. The zero-order chi connectivity index (χ0) is 17.3. The van der Waals surface area contributed by atoms with Gasteiger partial charge in [-0.2, -0.15) is 5.10 Å². The Labute approximate surface area is 150 Å². The monoisotopic (exact) mass is 391 g/mol. The van der Waals surface area contributed by atoms with Crippen molar-refractivity contribution in [1.29, 1.82) is 0 Å². The van der Waals surface area contributed by atoms with E-state index in [9.17, 15) is 4.79 Å². The smallest absolute Gasteiger partial charge is 0.276 e. The number of rotatable bonds is 6. The number of benzene rings is 1. The molecular formula is C18H22BrN3O2. The van der Waals surface area contributed by atoms with Crippen molar-refractivity contribution in [3.8, 4) is 5.75 Å². The summed E-state index contributed by atoms with van der Waals surface area (Å²) in [5.74, 6) is 1.08. The number of aromatic nitrogens is 2. The van der Waals surface area contributed by atoms with Gasteiger partial charge in [0.05, 0.1) is 17.3 Å². The Morgan fingerprint density at radius 1 is 1.38 bits per heavy atom. The molecule has 1 aliphatic carbocycles. The quantitative estimate of drug-likeness (QED) is 0.805. The van der Waals surface area contributed by atoms with Crippen molar-refractivity contribution in [2.75, 3.05) is 7.11 Å². The molecule has 0 saturated heterocycles. The molecule has 2 aromatic rings. The van der Waals surface area contributed by atoms with Gasteiger partial charge in [-0.15, -0.1) is 0 Å². The molecule has 1 aromatic carbocycles. The van der Waals surface area contributed by atoms with E-state index < -0.39 is 0 Å².